The van der Waals surface area contributed by atoms with Gasteiger partial charge in [0, 0.05) is 6.54 Å². The van der Waals surface area contributed by atoms with Crippen molar-refractivity contribution in [1.82, 2.24) is 5.32 Å². The van der Waals surface area contributed by atoms with Crippen LogP contribution in [0.3, 0.4) is 0 Å². The number of aliphatic hydroxyl groups excluding tert-OH is 1. The molecule has 2 N–H and O–H groups in total. The fourth-order valence-electron chi connectivity index (χ4n) is 1.21. The zero-order valence-electron chi connectivity index (χ0n) is 6.58. The van der Waals surface area contributed by atoms with Crippen LogP contribution < -0.4 is 5.32 Å². The zero-order valence-corrected chi connectivity index (χ0v) is 6.58. The summed E-state index contributed by atoms with van der Waals surface area (Å²) in [5, 5.41) is 11.9. The zero-order chi connectivity index (χ0) is 8.27. The number of hydrogen-bond donors (Lipinski definition) is 2. The molecule has 0 spiro atoms. The van der Waals surface area contributed by atoms with E-state index < -0.39 is 6.10 Å². The second-order valence-electron chi connectivity index (χ2n) is 2.66. The van der Waals surface area contributed by atoms with Crippen molar-refractivity contribution in [2.75, 3.05) is 6.54 Å². The number of allylic oxidation sites excluding steroid dienone is 1. The first-order valence-corrected chi connectivity index (χ1v) is 3.88. The van der Waals surface area contributed by atoms with Gasteiger partial charge in [-0.2, -0.15) is 0 Å². The van der Waals surface area contributed by atoms with E-state index >= 15 is 0 Å². The first-order valence-electron chi connectivity index (χ1n) is 3.88. The quantitative estimate of drug-likeness (QED) is 0.554. The summed E-state index contributed by atoms with van der Waals surface area (Å²) in [4.78, 5) is 11.1. The Kier molecular flexibility index (Phi) is 2.65. The van der Waals surface area contributed by atoms with Crippen molar-refractivity contribution in [1.29, 1.82) is 0 Å². The highest BCUT2D eigenvalue weighted by Crippen LogP contribution is 2.18. The first-order chi connectivity index (χ1) is 5.25. The third-order valence-electron chi connectivity index (χ3n) is 1.82. The summed E-state index contributed by atoms with van der Waals surface area (Å²) < 4.78 is 0. The van der Waals surface area contributed by atoms with Crippen LogP contribution in [0.5, 0.6) is 0 Å². The molecule has 0 fully saturated rings. The van der Waals surface area contributed by atoms with Crippen LogP contribution in [-0.4, -0.2) is 23.7 Å². The molecule has 0 aromatic heterocycles. The fraction of sp³-hybridized carbons (Fsp3) is 0.625. The Morgan fingerprint density at radius 1 is 1.82 bits per heavy atom. The molecular weight excluding hydrogens is 142 g/mol. The Hall–Kier alpha value is -0.830. The molecule has 0 heterocycles. The van der Waals surface area contributed by atoms with Gasteiger partial charge >= 0.3 is 0 Å². The average molecular weight is 155 g/mol. The molecule has 0 bridgehead atoms. The number of hydrogen-bond acceptors (Lipinski definition) is 2. The molecule has 1 aliphatic rings. The van der Waals surface area contributed by atoms with Gasteiger partial charge in [-0.05, 0) is 13.3 Å². The van der Waals surface area contributed by atoms with Crippen molar-refractivity contribution in [3.05, 3.63) is 12.2 Å². The van der Waals surface area contributed by atoms with Crippen LogP contribution in [0.25, 0.3) is 0 Å². The molecule has 0 aliphatic heterocycles. The molecule has 1 amide bonds. The Labute approximate surface area is 66.1 Å². The van der Waals surface area contributed by atoms with Crippen LogP contribution in [0.4, 0.5) is 0 Å². The summed E-state index contributed by atoms with van der Waals surface area (Å²) in [6.45, 7) is 2.49. The summed E-state index contributed by atoms with van der Waals surface area (Å²) in [5.41, 5.74) is 0. The van der Waals surface area contributed by atoms with Crippen LogP contribution in [0.2, 0.25) is 0 Å². The Balaban J connectivity index is 2.42. The number of nitrogens with one attached hydrogen (secondary N) is 1. The molecule has 3 nitrogen and oxygen atoms in total. The van der Waals surface area contributed by atoms with E-state index in [1.165, 1.54) is 0 Å². The monoisotopic (exact) mass is 155 g/mol. The molecule has 0 saturated heterocycles. The van der Waals surface area contributed by atoms with Crippen molar-refractivity contribution in [3.8, 4) is 0 Å². The van der Waals surface area contributed by atoms with Gasteiger partial charge in [-0.1, -0.05) is 12.2 Å². The lowest BCUT2D eigenvalue weighted by molar-refractivity contribution is -0.126. The van der Waals surface area contributed by atoms with E-state index in [2.05, 4.69) is 5.32 Å². The van der Waals surface area contributed by atoms with Crippen molar-refractivity contribution in [3.63, 3.8) is 0 Å². The molecule has 3 heteroatoms. The van der Waals surface area contributed by atoms with Gasteiger partial charge in [0.05, 0.1) is 12.0 Å². The maximum atomic E-state index is 11.1. The number of aliphatic hydroxyl groups is 1. The molecule has 62 valence electrons. The van der Waals surface area contributed by atoms with Crippen LogP contribution in [0.15, 0.2) is 12.2 Å². The normalized spacial score (nSPS) is 28.9. The van der Waals surface area contributed by atoms with Gasteiger partial charge < -0.3 is 10.4 Å². The second kappa shape index (κ2) is 3.53. The van der Waals surface area contributed by atoms with Gasteiger partial charge in [0.1, 0.15) is 0 Å². The third kappa shape index (κ3) is 1.80. The predicted molar refractivity (Wildman–Crippen MR) is 41.9 cm³/mol. The molecule has 11 heavy (non-hydrogen) atoms. The Morgan fingerprint density at radius 2 is 2.55 bits per heavy atom. The van der Waals surface area contributed by atoms with E-state index in [0.29, 0.717) is 13.0 Å². The van der Waals surface area contributed by atoms with Gasteiger partial charge in [-0.25, -0.2) is 0 Å². The van der Waals surface area contributed by atoms with Gasteiger partial charge in [0.2, 0.25) is 5.91 Å². The highest BCUT2D eigenvalue weighted by atomic mass is 16.3. The lowest BCUT2D eigenvalue weighted by Crippen LogP contribution is -2.34. The van der Waals surface area contributed by atoms with Crippen LogP contribution in [0, 0.1) is 5.92 Å². The highest BCUT2D eigenvalue weighted by Gasteiger charge is 2.26. The third-order valence-corrected chi connectivity index (χ3v) is 1.82. The fourth-order valence-corrected chi connectivity index (χ4v) is 1.21. The first kappa shape index (κ1) is 8.27. The van der Waals surface area contributed by atoms with Crippen LogP contribution >= 0.6 is 0 Å². The number of amides is 1. The molecular formula is C8H13NO2. The molecule has 0 unspecified atom stereocenters. The minimum absolute atomic E-state index is 0.0509. The molecule has 2 atom stereocenters. The smallest absolute Gasteiger partial charge is 0.226 e. The number of rotatable bonds is 2. The molecule has 1 rings (SSSR count). The maximum Gasteiger partial charge on any atom is 0.226 e. The Morgan fingerprint density at radius 3 is 3.00 bits per heavy atom. The molecule has 0 aromatic carbocycles. The van der Waals surface area contributed by atoms with Crippen LogP contribution in [-0.2, 0) is 4.79 Å². The molecule has 0 aromatic rings. The highest BCUT2D eigenvalue weighted by molar-refractivity contribution is 5.80. The molecule has 1 aliphatic carbocycles. The van der Waals surface area contributed by atoms with E-state index in [0.717, 1.165) is 0 Å². The van der Waals surface area contributed by atoms with Gasteiger partial charge in [-0.15, -0.1) is 0 Å². The number of carbonyl (C=O) groups is 1. The summed E-state index contributed by atoms with van der Waals surface area (Å²) in [5.74, 6) is -0.306. The minimum atomic E-state index is -0.582. The maximum absolute atomic E-state index is 11.1. The van der Waals surface area contributed by atoms with E-state index in [1.807, 2.05) is 13.0 Å². The van der Waals surface area contributed by atoms with E-state index in [-0.39, 0.29) is 11.8 Å². The van der Waals surface area contributed by atoms with Crippen molar-refractivity contribution in [2.24, 2.45) is 5.92 Å². The second-order valence-corrected chi connectivity index (χ2v) is 2.66. The van der Waals surface area contributed by atoms with Crippen LogP contribution in [0.1, 0.15) is 13.3 Å². The molecule has 0 radical (unpaired) electrons. The summed E-state index contributed by atoms with van der Waals surface area (Å²) in [6, 6.07) is 0. The van der Waals surface area contributed by atoms with Crippen molar-refractivity contribution in [2.45, 2.75) is 19.4 Å². The molecule has 0 saturated carbocycles. The lowest BCUT2D eigenvalue weighted by atomic mass is 10.0. The van der Waals surface area contributed by atoms with Gasteiger partial charge in [0.15, 0.2) is 0 Å². The van der Waals surface area contributed by atoms with Gasteiger partial charge in [0.25, 0.3) is 0 Å². The van der Waals surface area contributed by atoms with E-state index in [4.69, 9.17) is 0 Å². The Bertz CT molecular complexity index is 177. The van der Waals surface area contributed by atoms with E-state index in [9.17, 15) is 9.90 Å². The SMILES string of the molecule is CCNC(=O)[C@@H]1CC=C[C@H]1O. The standard InChI is InChI=1S/C8H13NO2/c1-2-9-8(11)6-4-3-5-7(6)10/h3,5-7,10H,2,4H2,1H3,(H,9,11)/t6-,7-/m1/s1. The topological polar surface area (TPSA) is 49.3 Å². The lowest BCUT2D eigenvalue weighted by Gasteiger charge is -2.12. The summed E-state index contributed by atoms with van der Waals surface area (Å²) in [7, 11) is 0. The largest absolute Gasteiger partial charge is 0.388 e. The minimum Gasteiger partial charge on any atom is -0.388 e. The van der Waals surface area contributed by atoms with E-state index in [1.54, 1.807) is 6.08 Å². The summed E-state index contributed by atoms with van der Waals surface area (Å²) in [6.07, 6.45) is 3.58. The number of carbonyl (C=O) groups excluding carboxylic acids is 1. The van der Waals surface area contributed by atoms with Crippen molar-refractivity contribution >= 4 is 5.91 Å². The van der Waals surface area contributed by atoms with Crippen molar-refractivity contribution < 1.29 is 9.90 Å². The summed E-state index contributed by atoms with van der Waals surface area (Å²) >= 11 is 0. The van der Waals surface area contributed by atoms with Gasteiger partial charge in [-0.3, -0.25) is 4.79 Å². The average Bonchev–Trinajstić information content (AvgIpc) is 2.36. The predicted octanol–water partition coefficient (Wildman–Crippen LogP) is 0.0595.